The molecule has 1 fully saturated rings. The maximum absolute atomic E-state index is 12.7. The second-order valence-corrected chi connectivity index (χ2v) is 8.72. The van der Waals surface area contributed by atoms with E-state index in [-0.39, 0.29) is 17.9 Å². The van der Waals surface area contributed by atoms with Gasteiger partial charge in [0.2, 0.25) is 5.91 Å². The minimum atomic E-state index is -0.119. The standard InChI is InChI=1S/C20H22N4O3S2/c1-2-27-14-5-6-15-16(12-14)29-19(21-15)23-18(25)13-7-9-24(10-8-13)20(26)22-17-4-3-11-28-17/h3-6,11-13H,2,7-10H2,1H3,(H,22,26)(H,21,23,25). The average Bonchev–Trinajstić information content (AvgIpc) is 3.37. The number of likely N-dealkylation sites (tertiary alicyclic amines) is 1. The van der Waals surface area contributed by atoms with Crippen LogP contribution < -0.4 is 15.4 Å². The molecule has 152 valence electrons. The molecule has 3 aromatic rings. The lowest BCUT2D eigenvalue weighted by atomic mass is 9.96. The zero-order chi connectivity index (χ0) is 20.2. The number of carbonyl (C=O) groups is 2. The third kappa shape index (κ3) is 4.68. The van der Waals surface area contributed by atoms with Crippen LogP contribution in [0.25, 0.3) is 10.2 Å². The van der Waals surface area contributed by atoms with Crippen LogP contribution in [0.3, 0.4) is 0 Å². The highest BCUT2D eigenvalue weighted by molar-refractivity contribution is 7.22. The van der Waals surface area contributed by atoms with Crippen molar-refractivity contribution in [3.05, 3.63) is 35.7 Å². The van der Waals surface area contributed by atoms with E-state index in [1.807, 2.05) is 42.6 Å². The Morgan fingerprint density at radius 1 is 1.24 bits per heavy atom. The minimum Gasteiger partial charge on any atom is -0.494 e. The van der Waals surface area contributed by atoms with Crippen molar-refractivity contribution in [1.29, 1.82) is 0 Å². The number of fused-ring (bicyclic) bond motifs is 1. The molecule has 3 heterocycles. The van der Waals surface area contributed by atoms with E-state index in [4.69, 9.17) is 4.74 Å². The molecule has 0 aliphatic carbocycles. The summed E-state index contributed by atoms with van der Waals surface area (Å²) in [6.45, 7) is 3.68. The Morgan fingerprint density at radius 2 is 2.07 bits per heavy atom. The summed E-state index contributed by atoms with van der Waals surface area (Å²) < 4.78 is 6.49. The van der Waals surface area contributed by atoms with Crippen molar-refractivity contribution in [2.24, 2.45) is 5.92 Å². The molecular formula is C20H22N4O3S2. The fraction of sp³-hybridized carbons (Fsp3) is 0.350. The zero-order valence-electron chi connectivity index (χ0n) is 16.0. The van der Waals surface area contributed by atoms with Gasteiger partial charge in [-0.3, -0.25) is 10.1 Å². The number of amides is 3. The normalized spacial score (nSPS) is 14.7. The molecule has 0 unspecified atom stereocenters. The SMILES string of the molecule is CCOc1ccc2nc(NC(=O)C3CCN(C(=O)Nc4cccs4)CC3)sc2c1. The number of urea groups is 1. The maximum Gasteiger partial charge on any atom is 0.322 e. The molecule has 1 aliphatic rings. The lowest BCUT2D eigenvalue weighted by molar-refractivity contribution is -0.121. The van der Waals surface area contributed by atoms with E-state index in [0.29, 0.717) is 37.7 Å². The van der Waals surface area contributed by atoms with Gasteiger partial charge in [-0.2, -0.15) is 0 Å². The molecule has 0 spiro atoms. The monoisotopic (exact) mass is 430 g/mol. The number of carbonyl (C=O) groups excluding carboxylic acids is 2. The van der Waals surface area contributed by atoms with E-state index in [2.05, 4.69) is 15.6 Å². The summed E-state index contributed by atoms with van der Waals surface area (Å²) in [7, 11) is 0. The number of nitrogens with one attached hydrogen (secondary N) is 2. The largest absolute Gasteiger partial charge is 0.494 e. The molecule has 2 aromatic heterocycles. The van der Waals surface area contributed by atoms with Crippen LogP contribution in [-0.4, -0.2) is 41.5 Å². The Kier molecular flexibility index (Phi) is 5.96. The Balaban J connectivity index is 1.31. The number of thiazole rings is 1. The smallest absolute Gasteiger partial charge is 0.322 e. The summed E-state index contributed by atoms with van der Waals surface area (Å²) in [6, 6.07) is 9.39. The predicted molar refractivity (Wildman–Crippen MR) is 117 cm³/mol. The number of hydrogen-bond donors (Lipinski definition) is 2. The number of rotatable bonds is 5. The molecule has 1 aliphatic heterocycles. The van der Waals surface area contributed by atoms with Gasteiger partial charge < -0.3 is 15.0 Å². The molecule has 0 radical (unpaired) electrons. The first kappa shape index (κ1) is 19.7. The van der Waals surface area contributed by atoms with Crippen molar-refractivity contribution >= 4 is 55.0 Å². The number of hydrogen-bond acceptors (Lipinski definition) is 6. The average molecular weight is 431 g/mol. The zero-order valence-corrected chi connectivity index (χ0v) is 17.6. The van der Waals surface area contributed by atoms with Crippen molar-refractivity contribution in [3.8, 4) is 5.75 Å². The summed E-state index contributed by atoms with van der Waals surface area (Å²) in [6.07, 6.45) is 1.28. The Hall–Kier alpha value is -2.65. The summed E-state index contributed by atoms with van der Waals surface area (Å²) in [5.74, 6) is 0.647. The second kappa shape index (κ2) is 8.79. The van der Waals surface area contributed by atoms with Crippen molar-refractivity contribution < 1.29 is 14.3 Å². The van der Waals surface area contributed by atoms with Crippen LogP contribution in [0.5, 0.6) is 5.75 Å². The number of aromatic nitrogens is 1. The summed E-state index contributed by atoms with van der Waals surface area (Å²) in [5, 5.41) is 9.18. The maximum atomic E-state index is 12.7. The first-order chi connectivity index (χ1) is 14.1. The quantitative estimate of drug-likeness (QED) is 0.618. The molecule has 1 saturated heterocycles. The first-order valence-corrected chi connectivity index (χ1v) is 11.3. The van der Waals surface area contributed by atoms with Gasteiger partial charge in [-0.15, -0.1) is 11.3 Å². The molecule has 1 aromatic carbocycles. The third-order valence-electron chi connectivity index (χ3n) is 4.81. The van der Waals surface area contributed by atoms with Gasteiger partial charge in [0.1, 0.15) is 5.75 Å². The van der Waals surface area contributed by atoms with Crippen LogP contribution in [0.1, 0.15) is 19.8 Å². The Labute approximate surface area is 176 Å². The van der Waals surface area contributed by atoms with Gasteiger partial charge in [-0.1, -0.05) is 11.3 Å². The fourth-order valence-corrected chi connectivity index (χ4v) is 4.81. The van der Waals surface area contributed by atoms with Gasteiger partial charge in [0, 0.05) is 19.0 Å². The van der Waals surface area contributed by atoms with E-state index in [1.165, 1.54) is 22.7 Å². The highest BCUT2D eigenvalue weighted by Crippen LogP contribution is 2.30. The molecule has 3 amide bonds. The molecular weight excluding hydrogens is 408 g/mol. The second-order valence-electron chi connectivity index (χ2n) is 6.74. The van der Waals surface area contributed by atoms with Crippen LogP contribution in [0, 0.1) is 5.92 Å². The van der Waals surface area contributed by atoms with Crippen LogP contribution >= 0.6 is 22.7 Å². The highest BCUT2D eigenvalue weighted by Gasteiger charge is 2.28. The van der Waals surface area contributed by atoms with Crippen LogP contribution in [-0.2, 0) is 4.79 Å². The van der Waals surface area contributed by atoms with E-state index in [9.17, 15) is 9.59 Å². The lowest BCUT2D eigenvalue weighted by Gasteiger charge is -2.31. The number of anilines is 2. The first-order valence-electron chi connectivity index (χ1n) is 9.56. The summed E-state index contributed by atoms with van der Waals surface area (Å²) >= 11 is 2.93. The van der Waals surface area contributed by atoms with Crippen LogP contribution in [0.2, 0.25) is 0 Å². The fourth-order valence-electron chi connectivity index (χ4n) is 3.30. The lowest BCUT2D eigenvalue weighted by Crippen LogP contribution is -2.43. The third-order valence-corrected chi connectivity index (χ3v) is 6.52. The van der Waals surface area contributed by atoms with Crippen LogP contribution in [0.15, 0.2) is 35.7 Å². The molecule has 29 heavy (non-hydrogen) atoms. The van der Waals surface area contributed by atoms with Crippen molar-refractivity contribution in [2.45, 2.75) is 19.8 Å². The number of thiophene rings is 1. The molecule has 0 atom stereocenters. The molecule has 9 heteroatoms. The predicted octanol–water partition coefficient (Wildman–Crippen LogP) is 4.64. The number of ether oxygens (including phenoxy) is 1. The Morgan fingerprint density at radius 3 is 2.79 bits per heavy atom. The van der Waals surface area contributed by atoms with Crippen molar-refractivity contribution in [2.75, 3.05) is 30.3 Å². The van der Waals surface area contributed by atoms with Gasteiger partial charge in [0.25, 0.3) is 0 Å². The minimum absolute atomic E-state index is 0.0348. The van der Waals surface area contributed by atoms with E-state index < -0.39 is 0 Å². The van der Waals surface area contributed by atoms with Gasteiger partial charge in [0.05, 0.1) is 21.8 Å². The van der Waals surface area contributed by atoms with E-state index >= 15 is 0 Å². The number of piperidine rings is 1. The van der Waals surface area contributed by atoms with E-state index in [0.717, 1.165) is 21.0 Å². The molecule has 7 nitrogen and oxygen atoms in total. The van der Waals surface area contributed by atoms with E-state index in [1.54, 1.807) is 4.90 Å². The van der Waals surface area contributed by atoms with Crippen molar-refractivity contribution in [3.63, 3.8) is 0 Å². The molecule has 0 saturated carbocycles. The number of benzene rings is 1. The molecule has 2 N–H and O–H groups in total. The summed E-state index contributed by atoms with van der Waals surface area (Å²) in [4.78, 5) is 31.2. The van der Waals surface area contributed by atoms with Gasteiger partial charge >= 0.3 is 6.03 Å². The van der Waals surface area contributed by atoms with Gasteiger partial charge in [0.15, 0.2) is 5.13 Å². The Bertz CT molecular complexity index is 995. The topological polar surface area (TPSA) is 83.6 Å². The van der Waals surface area contributed by atoms with Gasteiger partial charge in [-0.25, -0.2) is 9.78 Å². The highest BCUT2D eigenvalue weighted by atomic mass is 32.1. The molecule has 4 rings (SSSR count). The van der Waals surface area contributed by atoms with Crippen molar-refractivity contribution in [1.82, 2.24) is 9.88 Å². The van der Waals surface area contributed by atoms with Crippen LogP contribution in [0.4, 0.5) is 14.9 Å². The molecule has 0 bridgehead atoms. The number of nitrogens with zero attached hydrogens (tertiary/aromatic N) is 2. The summed E-state index contributed by atoms with van der Waals surface area (Å²) in [5.41, 5.74) is 0.842. The van der Waals surface area contributed by atoms with Gasteiger partial charge in [-0.05, 0) is 55.5 Å².